The molecule has 128 valence electrons. The number of anilines is 1. The molecule has 1 aromatic heterocycles. The van der Waals surface area contributed by atoms with Crippen molar-refractivity contribution in [3.05, 3.63) is 46.2 Å². The number of nitrogens with zero attached hydrogens (tertiary/aromatic N) is 2. The van der Waals surface area contributed by atoms with Gasteiger partial charge in [0.25, 0.3) is 0 Å². The number of aryl methyl sites for hydroxylation is 1. The molecule has 0 bridgehead atoms. The zero-order valence-electron chi connectivity index (χ0n) is 14.2. The quantitative estimate of drug-likeness (QED) is 0.770. The highest BCUT2D eigenvalue weighted by atomic mass is 79.9. The van der Waals surface area contributed by atoms with Gasteiger partial charge in [-0.25, -0.2) is 14.8 Å². The first kappa shape index (κ1) is 18.2. The van der Waals surface area contributed by atoms with Crippen molar-refractivity contribution in [2.24, 2.45) is 0 Å². The van der Waals surface area contributed by atoms with E-state index >= 15 is 0 Å². The number of carbonyl (C=O) groups excluding carboxylic acids is 1. The van der Waals surface area contributed by atoms with E-state index in [4.69, 9.17) is 4.74 Å². The van der Waals surface area contributed by atoms with E-state index in [1.807, 2.05) is 19.1 Å². The first-order valence-electron chi connectivity index (χ1n) is 7.52. The molecule has 0 fully saturated rings. The van der Waals surface area contributed by atoms with Crippen LogP contribution in [0.4, 0.5) is 10.7 Å². The van der Waals surface area contributed by atoms with E-state index < -0.39 is 6.03 Å². The predicted octanol–water partition coefficient (Wildman–Crippen LogP) is 4.00. The van der Waals surface area contributed by atoms with Crippen molar-refractivity contribution in [3.63, 3.8) is 0 Å². The molecule has 0 spiro atoms. The molecule has 2 aromatic rings. The monoisotopic (exact) mass is 392 g/mol. The third-order valence-electron chi connectivity index (χ3n) is 3.25. The molecule has 7 heteroatoms. The Kier molecular flexibility index (Phi) is 5.77. The van der Waals surface area contributed by atoms with Crippen LogP contribution >= 0.6 is 15.9 Å². The lowest BCUT2D eigenvalue weighted by Gasteiger charge is -2.23. The summed E-state index contributed by atoms with van der Waals surface area (Å²) >= 11 is 3.23. The van der Waals surface area contributed by atoms with E-state index in [1.165, 1.54) is 5.56 Å². The maximum atomic E-state index is 11.8. The van der Waals surface area contributed by atoms with E-state index in [0.717, 1.165) is 15.8 Å². The molecule has 2 amide bonds. The SMILES string of the molecule is Cc1ccc(OCNC(=O)Nc2ncc(Br)cn2)c(C(C)(C)C)c1. The minimum atomic E-state index is -0.429. The first-order chi connectivity index (χ1) is 11.3. The van der Waals surface area contributed by atoms with Crippen LogP contribution in [0.1, 0.15) is 31.9 Å². The largest absolute Gasteiger partial charge is 0.473 e. The summed E-state index contributed by atoms with van der Waals surface area (Å²) in [4.78, 5) is 19.8. The van der Waals surface area contributed by atoms with Crippen molar-refractivity contribution in [1.82, 2.24) is 15.3 Å². The molecule has 2 rings (SSSR count). The molecule has 1 heterocycles. The molecule has 0 aliphatic carbocycles. The minimum absolute atomic E-state index is 0.0467. The van der Waals surface area contributed by atoms with Crippen LogP contribution in [0.2, 0.25) is 0 Å². The Bertz CT molecular complexity index is 712. The number of hydrogen-bond donors (Lipinski definition) is 2. The molecule has 1 aromatic carbocycles. The number of nitrogens with one attached hydrogen (secondary N) is 2. The fourth-order valence-corrected chi connectivity index (χ4v) is 2.26. The maximum absolute atomic E-state index is 11.8. The second kappa shape index (κ2) is 7.61. The zero-order chi connectivity index (χ0) is 17.7. The number of carbonyl (C=O) groups is 1. The highest BCUT2D eigenvalue weighted by Crippen LogP contribution is 2.31. The third kappa shape index (κ3) is 5.19. The van der Waals surface area contributed by atoms with Crippen LogP contribution in [0.3, 0.4) is 0 Å². The van der Waals surface area contributed by atoms with Gasteiger partial charge in [0.1, 0.15) is 5.75 Å². The van der Waals surface area contributed by atoms with Gasteiger partial charge in [-0.1, -0.05) is 38.5 Å². The van der Waals surface area contributed by atoms with E-state index in [9.17, 15) is 4.79 Å². The van der Waals surface area contributed by atoms with Crippen molar-refractivity contribution in [2.75, 3.05) is 12.0 Å². The number of hydrogen-bond acceptors (Lipinski definition) is 4. The van der Waals surface area contributed by atoms with Crippen LogP contribution in [-0.4, -0.2) is 22.7 Å². The normalized spacial score (nSPS) is 11.0. The van der Waals surface area contributed by atoms with E-state index in [2.05, 4.69) is 63.4 Å². The number of aromatic nitrogens is 2. The summed E-state index contributed by atoms with van der Waals surface area (Å²) in [7, 11) is 0. The minimum Gasteiger partial charge on any atom is -0.473 e. The van der Waals surface area contributed by atoms with Gasteiger partial charge in [-0.3, -0.25) is 5.32 Å². The van der Waals surface area contributed by atoms with Gasteiger partial charge in [-0.2, -0.15) is 0 Å². The highest BCUT2D eigenvalue weighted by molar-refractivity contribution is 9.10. The van der Waals surface area contributed by atoms with Crippen molar-refractivity contribution < 1.29 is 9.53 Å². The van der Waals surface area contributed by atoms with Gasteiger partial charge in [0.05, 0.1) is 4.47 Å². The van der Waals surface area contributed by atoms with E-state index in [-0.39, 0.29) is 18.1 Å². The lowest BCUT2D eigenvalue weighted by molar-refractivity contribution is 0.233. The van der Waals surface area contributed by atoms with Crippen LogP contribution < -0.4 is 15.4 Å². The predicted molar refractivity (Wildman–Crippen MR) is 97.3 cm³/mol. The van der Waals surface area contributed by atoms with E-state index in [0.29, 0.717) is 0 Å². The molecule has 0 saturated heterocycles. The fourth-order valence-electron chi connectivity index (χ4n) is 2.06. The number of halogens is 1. The Morgan fingerprint density at radius 1 is 1.25 bits per heavy atom. The average molecular weight is 393 g/mol. The highest BCUT2D eigenvalue weighted by Gasteiger charge is 2.19. The Morgan fingerprint density at radius 3 is 2.54 bits per heavy atom. The molecule has 0 saturated carbocycles. The van der Waals surface area contributed by atoms with Crippen LogP contribution in [0.25, 0.3) is 0 Å². The van der Waals surface area contributed by atoms with Crippen molar-refractivity contribution in [3.8, 4) is 5.75 Å². The van der Waals surface area contributed by atoms with Gasteiger partial charge in [-0.15, -0.1) is 0 Å². The Balaban J connectivity index is 1.92. The van der Waals surface area contributed by atoms with Crippen LogP contribution in [-0.2, 0) is 5.41 Å². The lowest BCUT2D eigenvalue weighted by Crippen LogP contribution is -2.33. The molecular formula is C17H21BrN4O2. The Hall–Kier alpha value is -2.15. The second-order valence-corrected chi connectivity index (χ2v) is 7.31. The summed E-state index contributed by atoms with van der Waals surface area (Å²) in [6.45, 7) is 8.47. The Morgan fingerprint density at radius 2 is 1.92 bits per heavy atom. The Labute approximate surface area is 150 Å². The lowest BCUT2D eigenvalue weighted by atomic mass is 9.85. The summed E-state index contributed by atoms with van der Waals surface area (Å²) in [5.41, 5.74) is 2.22. The average Bonchev–Trinajstić information content (AvgIpc) is 2.50. The standard InChI is InChI=1S/C17H21BrN4O2/c1-11-5-6-14(13(7-11)17(2,3)4)24-10-21-16(23)22-15-19-8-12(18)9-20-15/h5-9H,10H2,1-4H3,(H2,19,20,21,22,23). The summed E-state index contributed by atoms with van der Waals surface area (Å²) in [5, 5.41) is 5.16. The summed E-state index contributed by atoms with van der Waals surface area (Å²) < 4.78 is 6.47. The van der Waals surface area contributed by atoms with Crippen LogP contribution in [0.5, 0.6) is 5.75 Å². The van der Waals surface area contributed by atoms with Crippen molar-refractivity contribution in [2.45, 2.75) is 33.1 Å². The van der Waals surface area contributed by atoms with Gasteiger partial charge >= 0.3 is 6.03 Å². The van der Waals surface area contributed by atoms with Gasteiger partial charge in [0.2, 0.25) is 5.95 Å². The molecule has 0 aliphatic heterocycles. The van der Waals surface area contributed by atoms with Gasteiger partial charge in [0.15, 0.2) is 6.73 Å². The third-order valence-corrected chi connectivity index (χ3v) is 3.66. The molecule has 24 heavy (non-hydrogen) atoms. The zero-order valence-corrected chi connectivity index (χ0v) is 15.8. The molecule has 0 aliphatic rings. The number of benzene rings is 1. The summed E-state index contributed by atoms with van der Waals surface area (Å²) in [6.07, 6.45) is 3.11. The first-order valence-corrected chi connectivity index (χ1v) is 8.31. The summed E-state index contributed by atoms with van der Waals surface area (Å²) in [6, 6.07) is 5.58. The fraction of sp³-hybridized carbons (Fsp3) is 0.353. The number of amides is 2. The molecule has 6 nitrogen and oxygen atoms in total. The van der Waals surface area contributed by atoms with Crippen LogP contribution in [0, 0.1) is 6.92 Å². The second-order valence-electron chi connectivity index (χ2n) is 6.39. The van der Waals surface area contributed by atoms with Crippen LogP contribution in [0.15, 0.2) is 35.1 Å². The molecule has 0 radical (unpaired) electrons. The smallest absolute Gasteiger partial charge is 0.324 e. The molecule has 2 N–H and O–H groups in total. The molecule has 0 unspecified atom stereocenters. The summed E-state index contributed by atoms with van der Waals surface area (Å²) in [5.74, 6) is 0.981. The molecular weight excluding hydrogens is 372 g/mol. The molecule has 0 atom stereocenters. The maximum Gasteiger partial charge on any atom is 0.324 e. The van der Waals surface area contributed by atoms with Gasteiger partial charge < -0.3 is 10.1 Å². The van der Waals surface area contributed by atoms with Gasteiger partial charge in [-0.05, 0) is 39.9 Å². The number of ether oxygens (including phenoxy) is 1. The number of urea groups is 1. The van der Waals surface area contributed by atoms with E-state index in [1.54, 1.807) is 12.4 Å². The van der Waals surface area contributed by atoms with Crippen molar-refractivity contribution >= 4 is 27.9 Å². The topological polar surface area (TPSA) is 76.1 Å². The van der Waals surface area contributed by atoms with Crippen molar-refractivity contribution in [1.29, 1.82) is 0 Å². The van der Waals surface area contributed by atoms with Gasteiger partial charge in [0, 0.05) is 12.4 Å². The number of rotatable bonds is 4.